The molecule has 2 rings (SSSR count). The van der Waals surface area contributed by atoms with Crippen molar-refractivity contribution in [3.05, 3.63) is 53.1 Å². The molecule has 24 heavy (non-hydrogen) atoms. The van der Waals surface area contributed by atoms with Crippen molar-refractivity contribution in [2.45, 2.75) is 33.9 Å². The first-order chi connectivity index (χ1) is 11.5. The number of hydrogen-bond acceptors (Lipinski definition) is 2. The van der Waals surface area contributed by atoms with Gasteiger partial charge in [0.25, 0.3) is 0 Å². The van der Waals surface area contributed by atoms with Crippen molar-refractivity contribution < 1.29 is 4.79 Å². The highest BCUT2D eigenvalue weighted by atomic mass is 35.5. The summed E-state index contributed by atoms with van der Waals surface area (Å²) in [6.45, 7) is 8.60. The Morgan fingerprint density at radius 3 is 2.88 bits per heavy atom. The fraction of sp³-hybridized carbons (Fsp3) is 0.444. The number of carbonyl (C=O) groups is 1. The molecule has 0 unspecified atom stereocenters. The molecule has 0 spiro atoms. The Hall–Kier alpha value is -2.01. The lowest BCUT2D eigenvalue weighted by atomic mass is 10.2. The second kappa shape index (κ2) is 8.73. The van der Waals surface area contributed by atoms with Gasteiger partial charge in [-0.3, -0.25) is 0 Å². The molecule has 2 amide bonds. The van der Waals surface area contributed by atoms with Gasteiger partial charge in [0.05, 0.1) is 6.54 Å². The maximum Gasteiger partial charge on any atom is 0.317 e. The van der Waals surface area contributed by atoms with E-state index < -0.39 is 0 Å². The molecule has 1 heterocycles. The van der Waals surface area contributed by atoms with Gasteiger partial charge in [-0.25, -0.2) is 9.78 Å². The molecule has 0 aliphatic carbocycles. The number of amides is 2. The normalized spacial score (nSPS) is 10.9. The van der Waals surface area contributed by atoms with Crippen LogP contribution < -0.4 is 5.32 Å². The Morgan fingerprint density at radius 2 is 2.21 bits per heavy atom. The van der Waals surface area contributed by atoms with Gasteiger partial charge in [0.2, 0.25) is 0 Å². The van der Waals surface area contributed by atoms with E-state index in [9.17, 15) is 4.79 Å². The minimum absolute atomic E-state index is 0.0523. The first kappa shape index (κ1) is 18.3. The van der Waals surface area contributed by atoms with Gasteiger partial charge in [-0.2, -0.15) is 0 Å². The molecule has 0 radical (unpaired) electrons. The highest BCUT2D eigenvalue weighted by molar-refractivity contribution is 6.30. The van der Waals surface area contributed by atoms with Gasteiger partial charge in [-0.15, -0.1) is 0 Å². The van der Waals surface area contributed by atoms with E-state index in [1.165, 1.54) is 0 Å². The van der Waals surface area contributed by atoms with Crippen molar-refractivity contribution in [1.29, 1.82) is 0 Å². The molecule has 0 bridgehead atoms. The molecule has 0 saturated carbocycles. The lowest BCUT2D eigenvalue weighted by molar-refractivity contribution is 0.186. The standard InChI is InChI=1S/C18H25ClN4O/c1-4-20-18(24)23(11-14(2)3)13-17-21-8-9-22(17)12-15-6-5-7-16(19)10-15/h5-10,14H,4,11-13H2,1-3H3,(H,20,24). The summed E-state index contributed by atoms with van der Waals surface area (Å²) in [4.78, 5) is 18.5. The number of benzene rings is 1. The molecule has 0 atom stereocenters. The van der Waals surface area contributed by atoms with Crippen molar-refractivity contribution in [1.82, 2.24) is 19.8 Å². The fourth-order valence-electron chi connectivity index (χ4n) is 2.56. The molecule has 1 N–H and O–H groups in total. The van der Waals surface area contributed by atoms with Crippen molar-refractivity contribution in [3.8, 4) is 0 Å². The molecule has 0 aliphatic rings. The van der Waals surface area contributed by atoms with E-state index in [1.807, 2.05) is 42.3 Å². The zero-order chi connectivity index (χ0) is 17.5. The van der Waals surface area contributed by atoms with Crippen LogP contribution in [0.1, 0.15) is 32.2 Å². The smallest absolute Gasteiger partial charge is 0.317 e. The maximum absolute atomic E-state index is 12.3. The van der Waals surface area contributed by atoms with Crippen LogP contribution in [0.3, 0.4) is 0 Å². The van der Waals surface area contributed by atoms with E-state index in [0.717, 1.165) is 16.4 Å². The van der Waals surface area contributed by atoms with Gasteiger partial charge in [-0.1, -0.05) is 37.6 Å². The van der Waals surface area contributed by atoms with Crippen LogP contribution in [0.15, 0.2) is 36.7 Å². The Bertz CT molecular complexity index is 669. The number of nitrogens with zero attached hydrogens (tertiary/aromatic N) is 3. The Balaban J connectivity index is 2.13. The van der Waals surface area contributed by atoms with Gasteiger partial charge in [0, 0.05) is 37.1 Å². The van der Waals surface area contributed by atoms with Crippen molar-refractivity contribution in [3.63, 3.8) is 0 Å². The number of aromatic nitrogens is 2. The first-order valence-corrected chi connectivity index (χ1v) is 8.64. The van der Waals surface area contributed by atoms with Crippen LogP contribution >= 0.6 is 11.6 Å². The van der Waals surface area contributed by atoms with Gasteiger partial charge in [0.1, 0.15) is 5.82 Å². The van der Waals surface area contributed by atoms with E-state index in [1.54, 1.807) is 6.20 Å². The number of halogens is 1. The van der Waals surface area contributed by atoms with Crippen molar-refractivity contribution in [2.24, 2.45) is 5.92 Å². The Labute approximate surface area is 148 Å². The summed E-state index contributed by atoms with van der Waals surface area (Å²) in [6, 6.07) is 7.73. The van der Waals surface area contributed by atoms with Crippen LogP contribution in [0.5, 0.6) is 0 Å². The van der Waals surface area contributed by atoms with E-state index in [2.05, 4.69) is 28.7 Å². The summed E-state index contributed by atoms with van der Waals surface area (Å²) in [7, 11) is 0. The van der Waals surface area contributed by atoms with Gasteiger partial charge in [-0.05, 0) is 30.5 Å². The molecule has 1 aromatic carbocycles. The van der Waals surface area contributed by atoms with Gasteiger partial charge >= 0.3 is 6.03 Å². The van der Waals surface area contributed by atoms with Crippen molar-refractivity contribution >= 4 is 17.6 Å². The highest BCUT2D eigenvalue weighted by Crippen LogP contribution is 2.14. The number of carbonyl (C=O) groups excluding carboxylic acids is 1. The highest BCUT2D eigenvalue weighted by Gasteiger charge is 2.17. The summed E-state index contributed by atoms with van der Waals surface area (Å²) in [6.07, 6.45) is 3.70. The SMILES string of the molecule is CCNC(=O)N(Cc1nccn1Cc1cccc(Cl)c1)CC(C)C. The van der Waals surface area contributed by atoms with Gasteiger partial charge in [0.15, 0.2) is 0 Å². The second-order valence-corrected chi connectivity index (χ2v) is 6.65. The summed E-state index contributed by atoms with van der Waals surface area (Å²) >= 11 is 6.06. The fourth-order valence-corrected chi connectivity index (χ4v) is 2.77. The largest absolute Gasteiger partial charge is 0.338 e. The van der Waals surface area contributed by atoms with Crippen LogP contribution in [0.25, 0.3) is 0 Å². The van der Waals surface area contributed by atoms with Crippen LogP contribution in [0, 0.1) is 5.92 Å². The second-order valence-electron chi connectivity index (χ2n) is 6.21. The third-order valence-electron chi connectivity index (χ3n) is 3.58. The average molecular weight is 349 g/mol. The zero-order valence-corrected chi connectivity index (χ0v) is 15.3. The minimum atomic E-state index is -0.0523. The topological polar surface area (TPSA) is 50.2 Å². The summed E-state index contributed by atoms with van der Waals surface area (Å²) in [5.74, 6) is 1.26. The van der Waals surface area contributed by atoms with Crippen LogP contribution in [0.2, 0.25) is 5.02 Å². The predicted molar refractivity (Wildman–Crippen MR) is 97.1 cm³/mol. The molecular weight excluding hydrogens is 324 g/mol. The molecule has 1 aromatic heterocycles. The Kier molecular flexibility index (Phi) is 6.67. The molecule has 5 nitrogen and oxygen atoms in total. The lowest BCUT2D eigenvalue weighted by Crippen LogP contribution is -2.41. The molecule has 2 aromatic rings. The third kappa shape index (κ3) is 5.27. The Morgan fingerprint density at radius 1 is 1.42 bits per heavy atom. The number of hydrogen-bond donors (Lipinski definition) is 1. The predicted octanol–water partition coefficient (Wildman–Crippen LogP) is 3.77. The average Bonchev–Trinajstić information content (AvgIpc) is 2.93. The van der Waals surface area contributed by atoms with Gasteiger partial charge < -0.3 is 14.8 Å². The number of urea groups is 1. The van der Waals surface area contributed by atoms with E-state index in [-0.39, 0.29) is 6.03 Å². The molecule has 0 saturated heterocycles. The molecule has 0 fully saturated rings. The van der Waals surface area contributed by atoms with Crippen LogP contribution in [-0.4, -0.2) is 33.6 Å². The molecular formula is C18H25ClN4O. The monoisotopic (exact) mass is 348 g/mol. The maximum atomic E-state index is 12.3. The minimum Gasteiger partial charge on any atom is -0.338 e. The van der Waals surface area contributed by atoms with E-state index in [0.29, 0.717) is 32.1 Å². The lowest BCUT2D eigenvalue weighted by Gasteiger charge is -2.24. The number of rotatable bonds is 7. The third-order valence-corrected chi connectivity index (χ3v) is 3.81. The van der Waals surface area contributed by atoms with E-state index >= 15 is 0 Å². The zero-order valence-electron chi connectivity index (χ0n) is 14.5. The number of imidazole rings is 1. The molecule has 0 aliphatic heterocycles. The summed E-state index contributed by atoms with van der Waals surface area (Å²) in [5.41, 5.74) is 1.11. The van der Waals surface area contributed by atoms with Crippen molar-refractivity contribution in [2.75, 3.05) is 13.1 Å². The molecule has 130 valence electrons. The van der Waals surface area contributed by atoms with Crippen LogP contribution in [-0.2, 0) is 13.1 Å². The first-order valence-electron chi connectivity index (χ1n) is 8.26. The quantitative estimate of drug-likeness (QED) is 0.828. The van der Waals surface area contributed by atoms with Crippen LogP contribution in [0.4, 0.5) is 4.79 Å². The summed E-state index contributed by atoms with van der Waals surface area (Å²) in [5, 5.41) is 3.59. The van der Waals surface area contributed by atoms with E-state index in [4.69, 9.17) is 11.6 Å². The molecule has 6 heteroatoms. The summed E-state index contributed by atoms with van der Waals surface area (Å²) < 4.78 is 2.05. The number of nitrogens with one attached hydrogen (secondary N) is 1.